The van der Waals surface area contributed by atoms with Crippen molar-refractivity contribution < 1.29 is 4.42 Å². The van der Waals surface area contributed by atoms with Gasteiger partial charge in [-0.2, -0.15) is 0 Å². The molecule has 0 spiro atoms. The van der Waals surface area contributed by atoms with Crippen LogP contribution in [0.2, 0.25) is 0 Å². The molecular weight excluding hydrogens is 200 g/mol. The molecule has 0 aliphatic rings. The molecule has 0 bridgehead atoms. The second-order valence-electron chi connectivity index (χ2n) is 3.83. The Balaban J connectivity index is 2.66. The number of nitrogens with one attached hydrogen (secondary N) is 1. The number of hydrogen-bond donors (Lipinski definition) is 1. The third-order valence-corrected chi connectivity index (χ3v) is 2.58. The largest absolute Gasteiger partial charge is 0.465 e. The summed E-state index contributed by atoms with van der Waals surface area (Å²) in [7, 11) is 1.93. The van der Waals surface area contributed by atoms with Crippen LogP contribution in [0.4, 0.5) is 0 Å². The SMILES string of the molecule is C#CCN(CC)Cc1cc(CNC)c(C)o1. The Morgan fingerprint density at radius 2 is 2.31 bits per heavy atom. The highest BCUT2D eigenvalue weighted by Gasteiger charge is 2.09. The maximum Gasteiger partial charge on any atom is 0.118 e. The zero-order valence-electron chi connectivity index (χ0n) is 10.3. The quantitative estimate of drug-likeness (QED) is 0.741. The van der Waals surface area contributed by atoms with Crippen LogP contribution in [0.25, 0.3) is 0 Å². The Morgan fingerprint density at radius 1 is 1.56 bits per heavy atom. The van der Waals surface area contributed by atoms with E-state index in [0.717, 1.165) is 31.2 Å². The molecular formula is C13H20N2O. The van der Waals surface area contributed by atoms with Gasteiger partial charge in [0.2, 0.25) is 0 Å². The van der Waals surface area contributed by atoms with Crippen LogP contribution in [0.5, 0.6) is 0 Å². The van der Waals surface area contributed by atoms with Crippen molar-refractivity contribution in [1.29, 1.82) is 0 Å². The normalized spacial score (nSPS) is 10.7. The van der Waals surface area contributed by atoms with Crippen molar-refractivity contribution in [2.45, 2.75) is 26.9 Å². The topological polar surface area (TPSA) is 28.4 Å². The number of terminal acetylenes is 1. The fraction of sp³-hybridized carbons (Fsp3) is 0.538. The van der Waals surface area contributed by atoms with E-state index in [2.05, 4.69) is 29.1 Å². The number of furan rings is 1. The fourth-order valence-corrected chi connectivity index (χ4v) is 1.66. The molecule has 0 aliphatic heterocycles. The number of nitrogens with zero attached hydrogens (tertiary/aromatic N) is 1. The van der Waals surface area contributed by atoms with Crippen LogP contribution >= 0.6 is 0 Å². The molecule has 3 nitrogen and oxygen atoms in total. The molecule has 0 aromatic carbocycles. The van der Waals surface area contributed by atoms with Gasteiger partial charge in [-0.3, -0.25) is 4.90 Å². The first kappa shape index (κ1) is 12.8. The van der Waals surface area contributed by atoms with Gasteiger partial charge in [-0.1, -0.05) is 12.8 Å². The lowest BCUT2D eigenvalue weighted by atomic mass is 10.2. The molecule has 88 valence electrons. The van der Waals surface area contributed by atoms with Gasteiger partial charge in [0.15, 0.2) is 0 Å². The van der Waals surface area contributed by atoms with E-state index < -0.39 is 0 Å². The molecule has 0 amide bonds. The monoisotopic (exact) mass is 220 g/mol. The molecule has 0 saturated heterocycles. The predicted octanol–water partition coefficient (Wildman–Crippen LogP) is 1.76. The third kappa shape index (κ3) is 3.41. The number of aryl methyl sites for hydroxylation is 1. The van der Waals surface area contributed by atoms with E-state index in [1.54, 1.807) is 0 Å². The van der Waals surface area contributed by atoms with Gasteiger partial charge in [0.05, 0.1) is 13.1 Å². The molecule has 1 heterocycles. The van der Waals surface area contributed by atoms with Crippen LogP contribution < -0.4 is 5.32 Å². The first-order chi connectivity index (χ1) is 7.71. The molecule has 0 aliphatic carbocycles. The zero-order valence-corrected chi connectivity index (χ0v) is 10.3. The predicted molar refractivity (Wildman–Crippen MR) is 66.0 cm³/mol. The molecule has 0 atom stereocenters. The summed E-state index contributed by atoms with van der Waals surface area (Å²) in [6.07, 6.45) is 5.31. The van der Waals surface area contributed by atoms with Crippen LogP contribution in [0, 0.1) is 19.3 Å². The first-order valence-corrected chi connectivity index (χ1v) is 5.59. The van der Waals surface area contributed by atoms with E-state index in [4.69, 9.17) is 10.8 Å². The van der Waals surface area contributed by atoms with Crippen LogP contribution in [0.1, 0.15) is 24.0 Å². The Morgan fingerprint density at radius 3 is 2.88 bits per heavy atom. The Labute approximate surface area is 97.8 Å². The summed E-state index contributed by atoms with van der Waals surface area (Å²) in [6.45, 7) is 7.32. The highest BCUT2D eigenvalue weighted by molar-refractivity contribution is 5.20. The first-order valence-electron chi connectivity index (χ1n) is 5.59. The van der Waals surface area contributed by atoms with Gasteiger partial charge in [-0.15, -0.1) is 6.42 Å². The van der Waals surface area contributed by atoms with Crippen LogP contribution in [0.3, 0.4) is 0 Å². The second kappa shape index (κ2) is 6.37. The summed E-state index contributed by atoms with van der Waals surface area (Å²) in [5, 5.41) is 3.12. The Kier molecular flexibility index (Phi) is 5.10. The molecule has 1 aromatic heterocycles. The summed E-state index contributed by atoms with van der Waals surface area (Å²) in [5.41, 5.74) is 1.22. The molecule has 1 N–H and O–H groups in total. The smallest absolute Gasteiger partial charge is 0.118 e. The number of hydrogen-bond acceptors (Lipinski definition) is 3. The van der Waals surface area contributed by atoms with Gasteiger partial charge < -0.3 is 9.73 Å². The van der Waals surface area contributed by atoms with Gasteiger partial charge in [0.1, 0.15) is 11.5 Å². The molecule has 0 saturated carbocycles. The molecule has 0 unspecified atom stereocenters. The number of rotatable bonds is 6. The van der Waals surface area contributed by atoms with E-state index in [1.165, 1.54) is 5.56 Å². The maximum absolute atomic E-state index is 5.70. The summed E-state index contributed by atoms with van der Waals surface area (Å²) in [5.74, 6) is 4.63. The van der Waals surface area contributed by atoms with E-state index in [-0.39, 0.29) is 0 Å². The molecule has 0 radical (unpaired) electrons. The molecule has 3 heteroatoms. The summed E-state index contributed by atoms with van der Waals surface area (Å²) >= 11 is 0. The third-order valence-electron chi connectivity index (χ3n) is 2.58. The molecule has 16 heavy (non-hydrogen) atoms. The second-order valence-corrected chi connectivity index (χ2v) is 3.83. The van der Waals surface area contributed by atoms with E-state index in [1.807, 2.05) is 14.0 Å². The van der Waals surface area contributed by atoms with Gasteiger partial charge in [-0.25, -0.2) is 0 Å². The van der Waals surface area contributed by atoms with Crippen molar-refractivity contribution in [3.05, 3.63) is 23.2 Å². The highest BCUT2D eigenvalue weighted by atomic mass is 16.3. The van der Waals surface area contributed by atoms with E-state index in [9.17, 15) is 0 Å². The minimum absolute atomic E-state index is 0.664. The van der Waals surface area contributed by atoms with Gasteiger partial charge in [0, 0.05) is 12.1 Å². The molecule has 0 fully saturated rings. The average molecular weight is 220 g/mol. The lowest BCUT2D eigenvalue weighted by Crippen LogP contribution is -2.22. The standard InChI is InChI=1S/C13H20N2O/c1-5-7-15(6-2)10-13-8-12(9-14-4)11(3)16-13/h1,8,14H,6-7,9-10H2,2-4H3. The van der Waals surface area contributed by atoms with Gasteiger partial charge in [0.25, 0.3) is 0 Å². The van der Waals surface area contributed by atoms with Crippen molar-refractivity contribution >= 4 is 0 Å². The van der Waals surface area contributed by atoms with Gasteiger partial charge >= 0.3 is 0 Å². The van der Waals surface area contributed by atoms with Crippen LogP contribution in [0.15, 0.2) is 10.5 Å². The summed E-state index contributed by atoms with van der Waals surface area (Å²) < 4.78 is 5.70. The Bertz CT molecular complexity index is 362. The minimum atomic E-state index is 0.664. The van der Waals surface area contributed by atoms with E-state index in [0.29, 0.717) is 6.54 Å². The van der Waals surface area contributed by atoms with E-state index >= 15 is 0 Å². The van der Waals surface area contributed by atoms with Crippen LogP contribution in [-0.2, 0) is 13.1 Å². The highest BCUT2D eigenvalue weighted by Crippen LogP contribution is 2.16. The van der Waals surface area contributed by atoms with Gasteiger partial charge in [-0.05, 0) is 26.6 Å². The molecule has 1 aromatic rings. The molecule has 1 rings (SSSR count). The van der Waals surface area contributed by atoms with Crippen molar-refractivity contribution in [3.63, 3.8) is 0 Å². The fourth-order valence-electron chi connectivity index (χ4n) is 1.66. The van der Waals surface area contributed by atoms with Crippen molar-refractivity contribution in [2.75, 3.05) is 20.1 Å². The maximum atomic E-state index is 5.70. The minimum Gasteiger partial charge on any atom is -0.465 e. The summed E-state index contributed by atoms with van der Waals surface area (Å²) in [6, 6.07) is 2.10. The van der Waals surface area contributed by atoms with Crippen molar-refractivity contribution in [3.8, 4) is 12.3 Å². The summed E-state index contributed by atoms with van der Waals surface area (Å²) in [4.78, 5) is 2.17. The lowest BCUT2D eigenvalue weighted by Gasteiger charge is -2.14. The van der Waals surface area contributed by atoms with Crippen molar-refractivity contribution in [1.82, 2.24) is 10.2 Å². The Hall–Kier alpha value is -1.24. The average Bonchev–Trinajstić information content (AvgIpc) is 2.59. The van der Waals surface area contributed by atoms with Crippen LogP contribution in [-0.4, -0.2) is 25.0 Å². The van der Waals surface area contributed by atoms with Crippen molar-refractivity contribution in [2.24, 2.45) is 0 Å². The lowest BCUT2D eigenvalue weighted by molar-refractivity contribution is 0.283. The zero-order chi connectivity index (χ0) is 12.0.